The van der Waals surface area contributed by atoms with Crippen LogP contribution in [0, 0.1) is 11.3 Å². The van der Waals surface area contributed by atoms with Gasteiger partial charge in [0.05, 0.1) is 23.5 Å². The molecule has 2 aromatic carbocycles. The molecule has 132 valence electrons. The van der Waals surface area contributed by atoms with E-state index in [4.69, 9.17) is 4.74 Å². The zero-order valence-electron chi connectivity index (χ0n) is 14.0. The average molecular weight is 351 g/mol. The standard InChI is InChI=1S/C19H17N3O4/c1-2-26-19(25)14-7-3-4-8-15(14)22-18(24)13(11-20)12-21-16-9-5-6-10-17(16)23/h3-10,12,21,23H,2H2,1H3,(H,22,24)/b13-12-. The minimum atomic E-state index is -0.702. The van der Waals surface area contributed by atoms with Crippen LogP contribution in [0.25, 0.3) is 0 Å². The third-order valence-corrected chi connectivity index (χ3v) is 3.31. The van der Waals surface area contributed by atoms with Crippen molar-refractivity contribution in [2.45, 2.75) is 6.92 Å². The number of phenols is 1. The number of carbonyl (C=O) groups excluding carboxylic acids is 2. The Balaban J connectivity index is 2.18. The summed E-state index contributed by atoms with van der Waals surface area (Å²) in [5.41, 5.74) is 0.542. The summed E-state index contributed by atoms with van der Waals surface area (Å²) in [4.78, 5) is 24.3. The van der Waals surface area contributed by atoms with Gasteiger partial charge in [-0.3, -0.25) is 4.79 Å². The van der Waals surface area contributed by atoms with E-state index in [1.807, 2.05) is 0 Å². The van der Waals surface area contributed by atoms with Gasteiger partial charge in [-0.05, 0) is 31.2 Å². The van der Waals surface area contributed by atoms with Crippen molar-refractivity contribution < 1.29 is 19.4 Å². The molecule has 0 bridgehead atoms. The molecule has 0 radical (unpaired) electrons. The van der Waals surface area contributed by atoms with E-state index < -0.39 is 11.9 Å². The molecule has 0 saturated carbocycles. The average Bonchev–Trinajstić information content (AvgIpc) is 2.64. The fourth-order valence-corrected chi connectivity index (χ4v) is 2.06. The highest BCUT2D eigenvalue weighted by atomic mass is 16.5. The Morgan fingerprint density at radius 2 is 1.81 bits per heavy atom. The first kappa shape index (κ1) is 18.5. The Hall–Kier alpha value is -3.79. The van der Waals surface area contributed by atoms with Gasteiger partial charge >= 0.3 is 5.97 Å². The summed E-state index contributed by atoms with van der Waals surface area (Å²) in [5.74, 6) is -1.29. The minimum absolute atomic E-state index is 0.0193. The van der Waals surface area contributed by atoms with Gasteiger partial charge in [-0.1, -0.05) is 24.3 Å². The minimum Gasteiger partial charge on any atom is -0.506 e. The van der Waals surface area contributed by atoms with Crippen LogP contribution in [0.3, 0.4) is 0 Å². The van der Waals surface area contributed by atoms with Crippen molar-refractivity contribution in [1.82, 2.24) is 0 Å². The van der Waals surface area contributed by atoms with Gasteiger partial charge < -0.3 is 20.5 Å². The SMILES string of the molecule is CCOC(=O)c1ccccc1NC(=O)/C(C#N)=C\Nc1ccccc1O. The first-order valence-electron chi connectivity index (χ1n) is 7.79. The first-order chi connectivity index (χ1) is 12.6. The largest absolute Gasteiger partial charge is 0.506 e. The predicted octanol–water partition coefficient (Wildman–Crippen LogP) is 3.03. The van der Waals surface area contributed by atoms with Gasteiger partial charge in [-0.25, -0.2) is 4.79 Å². The number of hydrogen-bond acceptors (Lipinski definition) is 6. The number of carbonyl (C=O) groups is 2. The van der Waals surface area contributed by atoms with Crippen molar-refractivity contribution in [3.63, 3.8) is 0 Å². The maximum atomic E-state index is 12.3. The number of rotatable bonds is 6. The van der Waals surface area contributed by atoms with Crippen molar-refractivity contribution >= 4 is 23.3 Å². The molecule has 26 heavy (non-hydrogen) atoms. The maximum Gasteiger partial charge on any atom is 0.340 e. The molecule has 0 aliphatic rings. The highest BCUT2D eigenvalue weighted by molar-refractivity contribution is 6.09. The topological polar surface area (TPSA) is 111 Å². The summed E-state index contributed by atoms with van der Waals surface area (Å²) in [6.07, 6.45) is 1.18. The van der Waals surface area contributed by atoms with Crippen molar-refractivity contribution in [1.29, 1.82) is 5.26 Å². The zero-order chi connectivity index (χ0) is 18.9. The third-order valence-electron chi connectivity index (χ3n) is 3.31. The highest BCUT2D eigenvalue weighted by Crippen LogP contribution is 2.22. The molecule has 0 fully saturated rings. The van der Waals surface area contributed by atoms with Gasteiger partial charge in [0.25, 0.3) is 5.91 Å². The number of amides is 1. The van der Waals surface area contributed by atoms with Crippen molar-refractivity contribution in [2.75, 3.05) is 17.2 Å². The van der Waals surface area contributed by atoms with E-state index in [0.717, 1.165) is 0 Å². The van der Waals surface area contributed by atoms with E-state index in [1.165, 1.54) is 24.4 Å². The summed E-state index contributed by atoms with van der Waals surface area (Å²) in [6.45, 7) is 1.88. The molecule has 2 aromatic rings. The van der Waals surface area contributed by atoms with Gasteiger partial charge in [-0.15, -0.1) is 0 Å². The molecular weight excluding hydrogens is 334 g/mol. The number of aromatic hydroxyl groups is 1. The van der Waals surface area contributed by atoms with Crippen LogP contribution in [-0.4, -0.2) is 23.6 Å². The van der Waals surface area contributed by atoms with Gasteiger partial charge in [-0.2, -0.15) is 5.26 Å². The summed E-state index contributed by atoms with van der Waals surface area (Å²) in [7, 11) is 0. The first-order valence-corrected chi connectivity index (χ1v) is 7.79. The second-order valence-corrected chi connectivity index (χ2v) is 5.05. The van der Waals surface area contributed by atoms with Crippen LogP contribution in [0.15, 0.2) is 60.3 Å². The van der Waals surface area contributed by atoms with E-state index >= 15 is 0 Å². The number of hydrogen-bond donors (Lipinski definition) is 3. The molecule has 0 aliphatic heterocycles. The number of phenolic OH excluding ortho intramolecular Hbond substituents is 1. The molecule has 3 N–H and O–H groups in total. The number of anilines is 2. The Morgan fingerprint density at radius 3 is 2.46 bits per heavy atom. The Bertz CT molecular complexity index is 884. The van der Waals surface area contributed by atoms with E-state index in [1.54, 1.807) is 43.3 Å². The second-order valence-electron chi connectivity index (χ2n) is 5.05. The molecule has 0 unspecified atom stereocenters. The molecule has 2 rings (SSSR count). The van der Waals surface area contributed by atoms with E-state index in [0.29, 0.717) is 5.69 Å². The van der Waals surface area contributed by atoms with Crippen LogP contribution < -0.4 is 10.6 Å². The Morgan fingerprint density at radius 1 is 1.15 bits per heavy atom. The molecule has 0 heterocycles. The van der Waals surface area contributed by atoms with Crippen LogP contribution in [0.2, 0.25) is 0 Å². The lowest BCUT2D eigenvalue weighted by Gasteiger charge is -2.10. The monoisotopic (exact) mass is 351 g/mol. The van der Waals surface area contributed by atoms with Crippen molar-refractivity contribution in [2.24, 2.45) is 0 Å². The predicted molar refractivity (Wildman–Crippen MR) is 96.5 cm³/mol. The van der Waals surface area contributed by atoms with E-state index in [9.17, 15) is 20.0 Å². The lowest BCUT2D eigenvalue weighted by molar-refractivity contribution is -0.112. The lowest BCUT2D eigenvalue weighted by Crippen LogP contribution is -2.17. The number of para-hydroxylation sites is 3. The number of nitriles is 1. The van der Waals surface area contributed by atoms with Gasteiger partial charge in [0.2, 0.25) is 0 Å². The summed E-state index contributed by atoms with van der Waals surface area (Å²) < 4.78 is 4.95. The fraction of sp³-hybridized carbons (Fsp3) is 0.105. The number of esters is 1. The summed E-state index contributed by atoms with van der Waals surface area (Å²) >= 11 is 0. The molecule has 0 aromatic heterocycles. The fourth-order valence-electron chi connectivity index (χ4n) is 2.06. The smallest absolute Gasteiger partial charge is 0.340 e. The molecule has 7 nitrogen and oxygen atoms in total. The number of nitrogens with zero attached hydrogens (tertiary/aromatic N) is 1. The van der Waals surface area contributed by atoms with Crippen LogP contribution in [-0.2, 0) is 9.53 Å². The van der Waals surface area contributed by atoms with Crippen molar-refractivity contribution in [3.8, 4) is 11.8 Å². The normalized spacial score (nSPS) is 10.5. The van der Waals surface area contributed by atoms with Gasteiger partial charge in [0, 0.05) is 6.20 Å². The van der Waals surface area contributed by atoms with Crippen LogP contribution >= 0.6 is 0 Å². The highest BCUT2D eigenvalue weighted by Gasteiger charge is 2.16. The number of benzene rings is 2. The molecule has 0 atom stereocenters. The van der Waals surface area contributed by atoms with Crippen LogP contribution in [0.1, 0.15) is 17.3 Å². The van der Waals surface area contributed by atoms with Crippen LogP contribution in [0.4, 0.5) is 11.4 Å². The molecule has 0 saturated heterocycles. The maximum absolute atomic E-state index is 12.3. The van der Waals surface area contributed by atoms with Gasteiger partial charge in [0.15, 0.2) is 0 Å². The molecule has 7 heteroatoms. The quantitative estimate of drug-likeness (QED) is 0.319. The molecular formula is C19H17N3O4. The molecule has 0 aliphatic carbocycles. The van der Waals surface area contributed by atoms with Gasteiger partial charge in [0.1, 0.15) is 17.4 Å². The Labute approximate surface area is 150 Å². The molecule has 1 amide bonds. The third kappa shape index (κ3) is 4.61. The van der Waals surface area contributed by atoms with E-state index in [-0.39, 0.29) is 29.2 Å². The molecule has 0 spiro atoms. The summed E-state index contributed by atoms with van der Waals surface area (Å²) in [5, 5.41) is 24.1. The van der Waals surface area contributed by atoms with Crippen LogP contribution in [0.5, 0.6) is 5.75 Å². The second kappa shape index (κ2) is 8.89. The van der Waals surface area contributed by atoms with Crippen molar-refractivity contribution in [3.05, 3.63) is 65.9 Å². The number of ether oxygens (including phenoxy) is 1. The lowest BCUT2D eigenvalue weighted by atomic mass is 10.1. The van der Waals surface area contributed by atoms with E-state index in [2.05, 4.69) is 10.6 Å². The number of nitrogens with one attached hydrogen (secondary N) is 2. The Kier molecular flexibility index (Phi) is 6.34. The summed E-state index contributed by atoms with van der Waals surface area (Å²) in [6, 6.07) is 14.5. The zero-order valence-corrected chi connectivity index (χ0v) is 14.0.